The third kappa shape index (κ3) is 3.15. The van der Waals surface area contributed by atoms with Gasteiger partial charge in [-0.25, -0.2) is 9.97 Å². The normalized spacial score (nSPS) is 20.5. The second kappa shape index (κ2) is 6.26. The molecular weight excluding hydrogens is 334 g/mol. The first-order chi connectivity index (χ1) is 11.0. The van der Waals surface area contributed by atoms with Crippen LogP contribution in [-0.4, -0.2) is 34.4 Å². The van der Waals surface area contributed by atoms with Crippen LogP contribution in [0.25, 0.3) is 10.2 Å². The number of anilines is 1. The largest absolute Gasteiger partial charge is 0.468 e. The molecule has 0 fully saturated rings. The van der Waals surface area contributed by atoms with Crippen molar-refractivity contribution in [1.82, 2.24) is 9.97 Å². The Morgan fingerprint density at radius 2 is 2.30 bits per heavy atom. The van der Waals surface area contributed by atoms with Gasteiger partial charge in [0, 0.05) is 11.3 Å². The number of hydrogen-bond donors (Lipinski definition) is 1. The van der Waals surface area contributed by atoms with Crippen LogP contribution in [0, 0.1) is 0 Å². The topological polar surface area (TPSA) is 87.3 Å². The molecule has 0 aliphatic carbocycles. The number of nitrogen functional groups attached to an aromatic ring is 1. The van der Waals surface area contributed by atoms with Crippen LogP contribution < -0.4 is 5.73 Å². The van der Waals surface area contributed by atoms with Crippen molar-refractivity contribution < 1.29 is 14.3 Å². The molecule has 0 aromatic carbocycles. The first-order valence-electron chi connectivity index (χ1n) is 7.37. The van der Waals surface area contributed by atoms with E-state index in [1.165, 1.54) is 29.3 Å². The number of thiophene rings is 1. The number of aromatic nitrogens is 2. The molecule has 0 radical (unpaired) electrons. The molecule has 0 spiro atoms. The van der Waals surface area contributed by atoms with Crippen LogP contribution in [0.3, 0.4) is 0 Å². The number of hydrogen-bond acceptors (Lipinski definition) is 8. The van der Waals surface area contributed by atoms with E-state index in [2.05, 4.69) is 28.6 Å². The van der Waals surface area contributed by atoms with Crippen molar-refractivity contribution in [3.63, 3.8) is 0 Å². The highest BCUT2D eigenvalue weighted by molar-refractivity contribution is 7.99. The molecule has 3 heterocycles. The van der Waals surface area contributed by atoms with Gasteiger partial charge in [-0.1, -0.05) is 18.7 Å². The van der Waals surface area contributed by atoms with Gasteiger partial charge in [-0.15, -0.1) is 11.3 Å². The number of ether oxygens (including phenoxy) is 2. The van der Waals surface area contributed by atoms with Crippen LogP contribution in [-0.2, 0) is 27.3 Å². The zero-order valence-electron chi connectivity index (χ0n) is 13.3. The Balaban J connectivity index is 1.96. The van der Waals surface area contributed by atoms with Gasteiger partial charge in [0.2, 0.25) is 0 Å². The summed E-state index contributed by atoms with van der Waals surface area (Å²) in [5.74, 6) is 0.332. The van der Waals surface area contributed by atoms with Gasteiger partial charge in [-0.2, -0.15) is 0 Å². The fourth-order valence-electron chi connectivity index (χ4n) is 2.55. The number of nitrogens with zero attached hydrogens (tertiary/aromatic N) is 2. The summed E-state index contributed by atoms with van der Waals surface area (Å²) < 4.78 is 10.6. The monoisotopic (exact) mass is 353 g/mol. The van der Waals surface area contributed by atoms with Gasteiger partial charge in [-0.3, -0.25) is 4.79 Å². The molecule has 2 aromatic rings. The number of nitrogens with two attached hydrogens (primary N) is 1. The summed E-state index contributed by atoms with van der Waals surface area (Å²) in [6, 6.07) is 0. The van der Waals surface area contributed by atoms with Crippen LogP contribution in [0.15, 0.2) is 5.16 Å². The summed E-state index contributed by atoms with van der Waals surface area (Å²) in [5, 5.41) is 1.44. The van der Waals surface area contributed by atoms with Crippen LogP contribution in [0.5, 0.6) is 0 Å². The molecule has 1 aliphatic heterocycles. The van der Waals surface area contributed by atoms with Gasteiger partial charge in [-0.05, 0) is 18.9 Å². The van der Waals surface area contributed by atoms with E-state index in [4.69, 9.17) is 10.5 Å². The number of methoxy groups -OCH3 is 1. The first kappa shape index (κ1) is 16.5. The molecule has 124 valence electrons. The lowest BCUT2D eigenvalue weighted by Crippen LogP contribution is -2.33. The van der Waals surface area contributed by atoms with Crippen molar-refractivity contribution in [2.24, 2.45) is 0 Å². The lowest BCUT2D eigenvalue weighted by molar-refractivity contribution is -0.137. The minimum atomic E-state index is -0.310. The van der Waals surface area contributed by atoms with Gasteiger partial charge in [0.1, 0.15) is 10.6 Å². The maximum Gasteiger partial charge on any atom is 0.316 e. The minimum absolute atomic E-state index is 0.161. The Bertz CT molecular complexity index is 762. The summed E-state index contributed by atoms with van der Waals surface area (Å²) in [4.78, 5) is 22.2. The minimum Gasteiger partial charge on any atom is -0.468 e. The maximum atomic E-state index is 11.3. The number of fused-ring (bicyclic) bond motifs is 3. The number of carbonyl (C=O) groups excluding carboxylic acids is 1. The SMILES string of the molecule is CC[C@@]1(C)Cc2c(sc3nc(SCC(=O)OC)nc(N)c23)CO1. The number of carbonyl (C=O) groups is 1. The van der Waals surface area contributed by atoms with Gasteiger partial charge in [0.05, 0.1) is 30.5 Å². The smallest absolute Gasteiger partial charge is 0.316 e. The Kier molecular flexibility index (Phi) is 4.48. The van der Waals surface area contributed by atoms with E-state index in [1.54, 1.807) is 11.3 Å². The summed E-state index contributed by atoms with van der Waals surface area (Å²) >= 11 is 2.82. The third-order valence-electron chi connectivity index (χ3n) is 4.14. The highest BCUT2D eigenvalue weighted by Crippen LogP contribution is 2.41. The van der Waals surface area contributed by atoms with Gasteiger partial charge < -0.3 is 15.2 Å². The number of esters is 1. The molecule has 0 amide bonds. The predicted molar refractivity (Wildman–Crippen MR) is 91.8 cm³/mol. The summed E-state index contributed by atoms with van der Waals surface area (Å²) in [5.41, 5.74) is 7.23. The average Bonchev–Trinajstić information content (AvgIpc) is 2.90. The molecule has 23 heavy (non-hydrogen) atoms. The highest BCUT2D eigenvalue weighted by atomic mass is 32.2. The predicted octanol–water partition coefficient (Wildman–Crippen LogP) is 2.78. The summed E-state index contributed by atoms with van der Waals surface area (Å²) in [7, 11) is 1.36. The highest BCUT2D eigenvalue weighted by Gasteiger charge is 2.33. The number of thioether (sulfide) groups is 1. The molecule has 6 nitrogen and oxygen atoms in total. The third-order valence-corrected chi connectivity index (χ3v) is 6.06. The Hall–Kier alpha value is -1.38. The van der Waals surface area contributed by atoms with Crippen molar-refractivity contribution in [1.29, 1.82) is 0 Å². The molecule has 1 atom stereocenters. The Labute approximate surface area is 142 Å². The van der Waals surface area contributed by atoms with Gasteiger partial charge in [0.15, 0.2) is 5.16 Å². The van der Waals surface area contributed by atoms with E-state index >= 15 is 0 Å². The quantitative estimate of drug-likeness (QED) is 0.514. The van der Waals surface area contributed by atoms with Crippen molar-refractivity contribution in [2.75, 3.05) is 18.6 Å². The van der Waals surface area contributed by atoms with E-state index in [0.29, 0.717) is 17.6 Å². The van der Waals surface area contributed by atoms with E-state index in [0.717, 1.165) is 23.1 Å². The Morgan fingerprint density at radius 1 is 1.52 bits per heavy atom. The molecule has 0 bridgehead atoms. The maximum absolute atomic E-state index is 11.3. The summed E-state index contributed by atoms with van der Waals surface area (Å²) in [6.45, 7) is 4.84. The van der Waals surface area contributed by atoms with E-state index in [9.17, 15) is 4.79 Å². The van der Waals surface area contributed by atoms with Crippen molar-refractivity contribution in [2.45, 2.75) is 44.1 Å². The Morgan fingerprint density at radius 3 is 3.00 bits per heavy atom. The molecule has 2 aromatic heterocycles. The molecule has 1 aliphatic rings. The van der Waals surface area contributed by atoms with E-state index in [1.807, 2.05) is 0 Å². The van der Waals surface area contributed by atoms with Crippen molar-refractivity contribution >= 4 is 45.1 Å². The molecule has 0 saturated heterocycles. The number of rotatable bonds is 4. The zero-order valence-corrected chi connectivity index (χ0v) is 15.0. The van der Waals surface area contributed by atoms with Crippen molar-refractivity contribution in [3.8, 4) is 0 Å². The first-order valence-corrected chi connectivity index (χ1v) is 9.17. The lowest BCUT2D eigenvalue weighted by atomic mass is 9.90. The zero-order chi connectivity index (χ0) is 16.6. The van der Waals surface area contributed by atoms with Crippen LogP contribution in [0.1, 0.15) is 30.7 Å². The van der Waals surface area contributed by atoms with Crippen LogP contribution in [0.2, 0.25) is 0 Å². The van der Waals surface area contributed by atoms with Crippen LogP contribution in [0.4, 0.5) is 5.82 Å². The average molecular weight is 353 g/mol. The van der Waals surface area contributed by atoms with Crippen molar-refractivity contribution in [3.05, 3.63) is 10.4 Å². The molecule has 8 heteroatoms. The second-order valence-corrected chi connectivity index (χ2v) is 7.74. The van der Waals surface area contributed by atoms with Gasteiger partial charge in [0.25, 0.3) is 0 Å². The fourth-order valence-corrected chi connectivity index (χ4v) is 4.41. The fraction of sp³-hybridized carbons (Fsp3) is 0.533. The summed E-state index contributed by atoms with van der Waals surface area (Å²) in [6.07, 6.45) is 1.76. The molecule has 2 N–H and O–H groups in total. The van der Waals surface area contributed by atoms with Crippen LogP contribution >= 0.6 is 23.1 Å². The second-order valence-electron chi connectivity index (χ2n) is 5.71. The standard InChI is InChI=1S/C15H19N3O3S2/c1-4-15(2)5-8-9(6-21-15)23-13-11(8)12(16)17-14(18-13)22-7-10(19)20-3/h4-7H2,1-3H3,(H2,16,17,18)/t15-/m0/s1. The van der Waals surface area contributed by atoms with E-state index in [-0.39, 0.29) is 17.3 Å². The molecular formula is C15H19N3O3S2. The van der Waals surface area contributed by atoms with E-state index < -0.39 is 0 Å². The molecule has 3 rings (SSSR count). The van der Waals surface area contributed by atoms with Gasteiger partial charge >= 0.3 is 5.97 Å². The molecule has 0 unspecified atom stereocenters. The lowest BCUT2D eigenvalue weighted by Gasteiger charge is -2.33. The molecule has 0 saturated carbocycles.